The second-order valence-corrected chi connectivity index (χ2v) is 5.87. The summed E-state index contributed by atoms with van der Waals surface area (Å²) in [6.45, 7) is 0. The van der Waals surface area contributed by atoms with Crippen molar-refractivity contribution in [2.24, 2.45) is 0 Å². The normalized spacial score (nSPS) is 13.2. The van der Waals surface area contributed by atoms with Crippen molar-refractivity contribution in [3.8, 4) is 0 Å². The maximum atomic E-state index is 13.6. The van der Waals surface area contributed by atoms with Crippen LogP contribution in [0.25, 0.3) is 0 Å². The quantitative estimate of drug-likeness (QED) is 0.845. The predicted octanol–water partition coefficient (Wildman–Crippen LogP) is 1.09. The van der Waals surface area contributed by atoms with Crippen LogP contribution in [0.1, 0.15) is 11.7 Å². The number of rotatable bonds is 3. The number of esters is 1. The van der Waals surface area contributed by atoms with E-state index in [9.17, 15) is 22.7 Å². The highest BCUT2D eigenvalue weighted by molar-refractivity contribution is 7.90. The van der Waals surface area contributed by atoms with E-state index < -0.39 is 37.6 Å². The van der Waals surface area contributed by atoms with Gasteiger partial charge < -0.3 is 9.84 Å². The zero-order chi connectivity index (χ0) is 14.1. The van der Waals surface area contributed by atoms with Gasteiger partial charge in [0.2, 0.25) is 0 Å². The highest BCUT2D eigenvalue weighted by Crippen LogP contribution is 2.28. The molecule has 1 aromatic rings. The Morgan fingerprint density at radius 2 is 2.06 bits per heavy atom. The number of aliphatic hydroxyl groups is 1. The minimum atomic E-state index is -3.84. The Balaban J connectivity index is 3.36. The summed E-state index contributed by atoms with van der Waals surface area (Å²) in [5, 5.41) is 9.08. The van der Waals surface area contributed by atoms with Crippen LogP contribution in [-0.4, -0.2) is 32.9 Å². The molecule has 8 heteroatoms. The van der Waals surface area contributed by atoms with Gasteiger partial charge in [0.25, 0.3) is 0 Å². The van der Waals surface area contributed by atoms with E-state index in [1.807, 2.05) is 0 Å². The summed E-state index contributed by atoms with van der Waals surface area (Å²) >= 11 is 5.63. The Kier molecular flexibility index (Phi) is 4.31. The first-order valence-corrected chi connectivity index (χ1v) is 6.90. The monoisotopic (exact) mass is 296 g/mol. The fraction of sp³-hybridized carbons (Fsp3) is 0.300. The molecule has 0 heterocycles. The summed E-state index contributed by atoms with van der Waals surface area (Å²) in [6, 6.07) is 1.73. The first-order valence-electron chi connectivity index (χ1n) is 4.63. The number of carbonyl (C=O) groups is 1. The van der Waals surface area contributed by atoms with Gasteiger partial charge in [-0.2, -0.15) is 0 Å². The van der Waals surface area contributed by atoms with Crippen molar-refractivity contribution in [2.45, 2.75) is 11.0 Å². The fourth-order valence-electron chi connectivity index (χ4n) is 1.34. The van der Waals surface area contributed by atoms with E-state index in [1.165, 1.54) is 0 Å². The number of hydrogen-bond donors (Lipinski definition) is 1. The molecular formula is C10H10ClFO5S. The second-order valence-electron chi connectivity index (χ2n) is 3.51. The first kappa shape index (κ1) is 14.9. The van der Waals surface area contributed by atoms with E-state index in [-0.39, 0.29) is 5.56 Å². The lowest BCUT2D eigenvalue weighted by atomic mass is 10.1. The van der Waals surface area contributed by atoms with E-state index in [4.69, 9.17) is 11.6 Å². The van der Waals surface area contributed by atoms with E-state index >= 15 is 0 Å². The maximum absolute atomic E-state index is 13.6. The molecule has 0 spiro atoms. The van der Waals surface area contributed by atoms with Gasteiger partial charge in [0.15, 0.2) is 15.9 Å². The van der Waals surface area contributed by atoms with Gasteiger partial charge >= 0.3 is 5.97 Å². The van der Waals surface area contributed by atoms with Crippen LogP contribution < -0.4 is 0 Å². The summed E-state index contributed by atoms with van der Waals surface area (Å²) in [5.74, 6) is -2.14. The molecule has 18 heavy (non-hydrogen) atoms. The highest BCUT2D eigenvalue weighted by atomic mass is 35.5. The van der Waals surface area contributed by atoms with Gasteiger partial charge in [-0.05, 0) is 17.7 Å². The lowest BCUT2D eigenvalue weighted by Crippen LogP contribution is -2.14. The molecule has 0 aromatic heterocycles. The van der Waals surface area contributed by atoms with E-state index in [0.29, 0.717) is 0 Å². The van der Waals surface area contributed by atoms with Crippen LogP contribution in [0.2, 0.25) is 5.02 Å². The van der Waals surface area contributed by atoms with Crippen LogP contribution in [0.5, 0.6) is 0 Å². The SMILES string of the molecule is COC(=O)C(O)c1cc(F)c(S(C)(=O)=O)c(Cl)c1. The van der Waals surface area contributed by atoms with Gasteiger partial charge in [0.05, 0.1) is 12.1 Å². The minimum Gasteiger partial charge on any atom is -0.467 e. The second kappa shape index (κ2) is 5.21. The number of halogens is 2. The van der Waals surface area contributed by atoms with E-state index in [2.05, 4.69) is 4.74 Å². The Hall–Kier alpha value is -1.18. The van der Waals surface area contributed by atoms with Gasteiger partial charge in [-0.1, -0.05) is 11.6 Å². The molecule has 0 saturated heterocycles. The summed E-state index contributed by atoms with van der Waals surface area (Å²) in [6.07, 6.45) is -0.927. The average Bonchev–Trinajstić information content (AvgIpc) is 2.23. The number of methoxy groups -OCH3 is 1. The molecule has 0 bridgehead atoms. The third-order valence-electron chi connectivity index (χ3n) is 2.13. The minimum absolute atomic E-state index is 0.184. The van der Waals surface area contributed by atoms with Crippen molar-refractivity contribution in [1.29, 1.82) is 0 Å². The number of benzene rings is 1. The van der Waals surface area contributed by atoms with Gasteiger partial charge in [-0.25, -0.2) is 17.6 Å². The molecule has 1 atom stereocenters. The number of carbonyl (C=O) groups excluding carboxylic acids is 1. The number of hydrogen-bond acceptors (Lipinski definition) is 5. The molecule has 100 valence electrons. The number of ether oxygens (including phenoxy) is 1. The lowest BCUT2D eigenvalue weighted by Gasteiger charge is -2.11. The molecule has 0 radical (unpaired) electrons. The molecule has 1 N–H and O–H groups in total. The Labute approximate surface area is 108 Å². The molecule has 0 fully saturated rings. The summed E-state index contributed by atoms with van der Waals surface area (Å²) < 4.78 is 40.4. The van der Waals surface area contributed by atoms with Gasteiger partial charge in [-0.3, -0.25) is 0 Å². The average molecular weight is 297 g/mol. The van der Waals surface area contributed by atoms with Crippen LogP contribution in [0.4, 0.5) is 4.39 Å². The van der Waals surface area contributed by atoms with Gasteiger partial charge in [0.1, 0.15) is 10.7 Å². The zero-order valence-corrected chi connectivity index (χ0v) is 11.0. The maximum Gasteiger partial charge on any atom is 0.339 e. The molecule has 5 nitrogen and oxygen atoms in total. The third kappa shape index (κ3) is 2.98. The van der Waals surface area contributed by atoms with Crippen LogP contribution >= 0.6 is 11.6 Å². The topological polar surface area (TPSA) is 80.7 Å². The Bertz CT molecular complexity index is 561. The first-order chi connectivity index (χ1) is 8.18. The van der Waals surface area contributed by atoms with E-state index in [1.54, 1.807) is 0 Å². The Morgan fingerprint density at radius 3 is 2.44 bits per heavy atom. The Morgan fingerprint density at radius 1 is 1.50 bits per heavy atom. The largest absolute Gasteiger partial charge is 0.467 e. The molecule has 0 aliphatic heterocycles. The van der Waals surface area contributed by atoms with Gasteiger partial charge in [-0.15, -0.1) is 0 Å². The standard InChI is InChI=1S/C10H10ClFO5S/c1-17-10(14)8(13)5-3-6(11)9(7(12)4-5)18(2,15)16/h3-4,8,13H,1-2H3. The molecule has 1 unspecified atom stereocenters. The van der Waals surface area contributed by atoms with Crippen LogP contribution in [0.15, 0.2) is 17.0 Å². The summed E-state index contributed by atoms with van der Waals surface area (Å²) in [7, 11) is -2.79. The fourth-order valence-corrected chi connectivity index (χ4v) is 2.80. The zero-order valence-electron chi connectivity index (χ0n) is 9.48. The molecular weight excluding hydrogens is 287 g/mol. The van der Waals surface area contributed by atoms with Crippen molar-refractivity contribution < 1.29 is 27.4 Å². The van der Waals surface area contributed by atoms with Crippen molar-refractivity contribution in [3.05, 3.63) is 28.5 Å². The molecule has 1 aromatic carbocycles. The molecule has 0 amide bonds. The van der Waals surface area contributed by atoms with E-state index in [0.717, 1.165) is 25.5 Å². The van der Waals surface area contributed by atoms with Crippen molar-refractivity contribution in [2.75, 3.05) is 13.4 Å². The highest BCUT2D eigenvalue weighted by Gasteiger charge is 2.24. The van der Waals surface area contributed by atoms with Gasteiger partial charge in [0, 0.05) is 6.26 Å². The van der Waals surface area contributed by atoms with Crippen LogP contribution in [-0.2, 0) is 19.4 Å². The van der Waals surface area contributed by atoms with Crippen molar-refractivity contribution in [3.63, 3.8) is 0 Å². The number of sulfone groups is 1. The molecule has 0 saturated carbocycles. The molecule has 1 rings (SSSR count). The molecule has 0 aliphatic rings. The van der Waals surface area contributed by atoms with Crippen LogP contribution in [0.3, 0.4) is 0 Å². The lowest BCUT2D eigenvalue weighted by molar-refractivity contribution is -0.150. The summed E-state index contributed by atoms with van der Waals surface area (Å²) in [5.41, 5.74) is -0.184. The summed E-state index contributed by atoms with van der Waals surface area (Å²) in [4.78, 5) is 10.4. The van der Waals surface area contributed by atoms with Crippen LogP contribution in [0, 0.1) is 5.82 Å². The third-order valence-corrected chi connectivity index (χ3v) is 3.70. The predicted molar refractivity (Wildman–Crippen MR) is 61.5 cm³/mol. The number of aliphatic hydroxyl groups excluding tert-OH is 1. The van der Waals surface area contributed by atoms with Crippen molar-refractivity contribution in [1.82, 2.24) is 0 Å². The molecule has 0 aliphatic carbocycles. The smallest absolute Gasteiger partial charge is 0.339 e. The van der Waals surface area contributed by atoms with Crippen molar-refractivity contribution >= 4 is 27.4 Å².